The minimum Gasteiger partial charge on any atom is -0.327 e. The zero-order chi connectivity index (χ0) is 4.99. The summed E-state index contributed by atoms with van der Waals surface area (Å²) < 4.78 is 0. The van der Waals surface area contributed by atoms with Crippen LogP contribution in [0.5, 0.6) is 0 Å². The van der Waals surface area contributed by atoms with Gasteiger partial charge in [0.05, 0.1) is 0 Å². The summed E-state index contributed by atoms with van der Waals surface area (Å²) in [5.74, 6) is 2.44. The second kappa shape index (κ2) is 5.81. The predicted molar refractivity (Wildman–Crippen MR) is 34.3 cm³/mol. The third kappa shape index (κ3) is 10.7. The average molecular weight is 120 g/mol. The highest BCUT2D eigenvalue weighted by atomic mass is 35.5. The van der Waals surface area contributed by atoms with E-state index in [0.717, 1.165) is 0 Å². The molecule has 0 aromatic carbocycles. The third-order valence-corrected chi connectivity index (χ3v) is 0.440. The Morgan fingerprint density at radius 2 is 2.29 bits per heavy atom. The van der Waals surface area contributed by atoms with Crippen molar-refractivity contribution in [2.24, 2.45) is 5.73 Å². The lowest BCUT2D eigenvalue weighted by Crippen LogP contribution is -2.12. The van der Waals surface area contributed by atoms with Crippen LogP contribution in [0.3, 0.4) is 0 Å². The second-order valence-electron chi connectivity index (χ2n) is 1.39. The monoisotopic (exact) mass is 119 g/mol. The van der Waals surface area contributed by atoms with E-state index in [1.54, 1.807) is 0 Å². The zero-order valence-electron chi connectivity index (χ0n) is 4.35. The standard InChI is InChI=1S/C5H9N.ClH/c1-3-4-5(2)6;/h1,5H,4,6H2,2H3;1H/t5-;/m0./s1. The van der Waals surface area contributed by atoms with Gasteiger partial charge in [-0.1, -0.05) is 0 Å². The van der Waals surface area contributed by atoms with Crippen LogP contribution in [0.1, 0.15) is 13.3 Å². The molecule has 0 aromatic rings. The van der Waals surface area contributed by atoms with Crippen molar-refractivity contribution in [3.05, 3.63) is 0 Å². The van der Waals surface area contributed by atoms with Crippen LogP contribution in [-0.2, 0) is 0 Å². The molecule has 1 atom stereocenters. The molecular weight excluding hydrogens is 110 g/mol. The van der Waals surface area contributed by atoms with Crippen molar-refractivity contribution in [1.29, 1.82) is 0 Å². The first-order valence-corrected chi connectivity index (χ1v) is 1.96. The van der Waals surface area contributed by atoms with Crippen molar-refractivity contribution in [3.63, 3.8) is 0 Å². The van der Waals surface area contributed by atoms with Crippen LogP contribution >= 0.6 is 12.4 Å². The van der Waals surface area contributed by atoms with E-state index in [1.165, 1.54) is 0 Å². The maximum absolute atomic E-state index is 5.26. The second-order valence-corrected chi connectivity index (χ2v) is 1.39. The van der Waals surface area contributed by atoms with Crippen molar-refractivity contribution in [2.45, 2.75) is 19.4 Å². The smallest absolute Gasteiger partial charge is 0.0235 e. The Kier molecular flexibility index (Phi) is 8.25. The highest BCUT2D eigenvalue weighted by Crippen LogP contribution is 1.77. The van der Waals surface area contributed by atoms with E-state index < -0.39 is 0 Å². The molecule has 0 radical (unpaired) electrons. The van der Waals surface area contributed by atoms with Crippen molar-refractivity contribution >= 4 is 12.4 Å². The van der Waals surface area contributed by atoms with Gasteiger partial charge in [0.25, 0.3) is 0 Å². The van der Waals surface area contributed by atoms with E-state index in [1.807, 2.05) is 6.92 Å². The maximum atomic E-state index is 5.26. The van der Waals surface area contributed by atoms with E-state index in [9.17, 15) is 0 Å². The van der Waals surface area contributed by atoms with Gasteiger partial charge < -0.3 is 5.73 Å². The lowest BCUT2D eigenvalue weighted by atomic mass is 10.3. The Balaban J connectivity index is 0. The van der Waals surface area contributed by atoms with Gasteiger partial charge in [-0.2, -0.15) is 0 Å². The molecule has 0 unspecified atom stereocenters. The van der Waals surface area contributed by atoms with Crippen LogP contribution in [0.4, 0.5) is 0 Å². The quantitative estimate of drug-likeness (QED) is 0.508. The number of halogens is 1. The Labute approximate surface area is 50.7 Å². The molecule has 1 nitrogen and oxygen atoms in total. The van der Waals surface area contributed by atoms with E-state index in [2.05, 4.69) is 5.92 Å². The van der Waals surface area contributed by atoms with Crippen LogP contribution in [0, 0.1) is 12.3 Å². The van der Waals surface area contributed by atoms with Crippen molar-refractivity contribution < 1.29 is 0 Å². The van der Waals surface area contributed by atoms with Crippen LogP contribution in [0.25, 0.3) is 0 Å². The van der Waals surface area contributed by atoms with Crippen molar-refractivity contribution in [2.75, 3.05) is 0 Å². The van der Waals surface area contributed by atoms with E-state index in [-0.39, 0.29) is 18.4 Å². The molecule has 0 amide bonds. The lowest BCUT2D eigenvalue weighted by Gasteiger charge is -1.91. The first-order valence-electron chi connectivity index (χ1n) is 1.96. The Morgan fingerprint density at radius 1 is 1.86 bits per heavy atom. The molecule has 0 spiro atoms. The lowest BCUT2D eigenvalue weighted by molar-refractivity contribution is 0.771. The number of nitrogens with two attached hydrogens (primary N) is 1. The third-order valence-electron chi connectivity index (χ3n) is 0.440. The van der Waals surface area contributed by atoms with Crippen LogP contribution in [0.2, 0.25) is 0 Å². The minimum absolute atomic E-state index is 0. The number of rotatable bonds is 1. The first kappa shape index (κ1) is 9.94. The molecule has 2 N–H and O–H groups in total. The minimum atomic E-state index is 0. The Morgan fingerprint density at radius 3 is 2.29 bits per heavy atom. The fourth-order valence-corrected chi connectivity index (χ4v) is 0.186. The summed E-state index contributed by atoms with van der Waals surface area (Å²) in [4.78, 5) is 0. The summed E-state index contributed by atoms with van der Waals surface area (Å²) in [6.45, 7) is 1.89. The first-order chi connectivity index (χ1) is 2.77. The summed E-state index contributed by atoms with van der Waals surface area (Å²) in [6.07, 6.45) is 5.58. The van der Waals surface area contributed by atoms with E-state index in [4.69, 9.17) is 12.2 Å². The molecule has 0 aliphatic heterocycles. The van der Waals surface area contributed by atoms with Crippen LogP contribution in [-0.4, -0.2) is 6.04 Å². The maximum Gasteiger partial charge on any atom is 0.0235 e. The summed E-state index contributed by atoms with van der Waals surface area (Å²) in [5, 5.41) is 0. The van der Waals surface area contributed by atoms with Gasteiger partial charge in [-0.25, -0.2) is 0 Å². The van der Waals surface area contributed by atoms with Gasteiger partial charge >= 0.3 is 0 Å². The fourth-order valence-electron chi connectivity index (χ4n) is 0.186. The van der Waals surface area contributed by atoms with E-state index >= 15 is 0 Å². The predicted octanol–water partition coefficient (Wildman–Crippen LogP) is 0.779. The molecule has 0 heterocycles. The molecule has 42 valence electrons. The van der Waals surface area contributed by atoms with Gasteiger partial charge in [0.15, 0.2) is 0 Å². The van der Waals surface area contributed by atoms with Crippen molar-refractivity contribution in [3.8, 4) is 12.3 Å². The Hall–Kier alpha value is -0.190. The molecule has 0 saturated heterocycles. The molecule has 0 rings (SSSR count). The molecule has 2 heteroatoms. The molecule has 7 heavy (non-hydrogen) atoms. The molecular formula is C5H10ClN. The summed E-state index contributed by atoms with van der Waals surface area (Å²) in [6, 6.07) is 0.162. The Bertz CT molecular complexity index is 63.0. The highest BCUT2D eigenvalue weighted by molar-refractivity contribution is 5.85. The van der Waals surface area contributed by atoms with Gasteiger partial charge in [-0.15, -0.1) is 24.8 Å². The topological polar surface area (TPSA) is 26.0 Å². The molecule has 0 saturated carbocycles. The molecule has 0 fully saturated rings. The number of hydrogen-bond acceptors (Lipinski definition) is 1. The van der Waals surface area contributed by atoms with Crippen LogP contribution in [0.15, 0.2) is 0 Å². The van der Waals surface area contributed by atoms with Gasteiger partial charge in [-0.3, -0.25) is 0 Å². The molecule has 0 aliphatic rings. The fraction of sp³-hybridized carbons (Fsp3) is 0.600. The average Bonchev–Trinajstić information content (AvgIpc) is 1.35. The molecule has 0 aromatic heterocycles. The SMILES string of the molecule is C#CC[C@H](C)N.Cl. The van der Waals surface area contributed by atoms with Gasteiger partial charge in [0.2, 0.25) is 0 Å². The highest BCUT2D eigenvalue weighted by Gasteiger charge is 1.83. The summed E-state index contributed by atoms with van der Waals surface area (Å²) in [7, 11) is 0. The molecule has 0 bridgehead atoms. The summed E-state index contributed by atoms with van der Waals surface area (Å²) >= 11 is 0. The van der Waals surface area contributed by atoms with Crippen LogP contribution < -0.4 is 5.73 Å². The summed E-state index contributed by atoms with van der Waals surface area (Å²) in [5.41, 5.74) is 5.26. The zero-order valence-corrected chi connectivity index (χ0v) is 5.16. The van der Waals surface area contributed by atoms with Gasteiger partial charge in [-0.05, 0) is 6.92 Å². The molecule has 0 aliphatic carbocycles. The van der Waals surface area contributed by atoms with Gasteiger partial charge in [0.1, 0.15) is 0 Å². The van der Waals surface area contributed by atoms with Crippen molar-refractivity contribution in [1.82, 2.24) is 0 Å². The van der Waals surface area contributed by atoms with E-state index in [0.29, 0.717) is 6.42 Å². The number of hydrogen-bond donors (Lipinski definition) is 1. The largest absolute Gasteiger partial charge is 0.327 e. The van der Waals surface area contributed by atoms with Gasteiger partial charge in [0, 0.05) is 12.5 Å². The number of terminal acetylenes is 1. The normalized spacial score (nSPS) is 11.0.